The van der Waals surface area contributed by atoms with Gasteiger partial charge in [0, 0.05) is 35.6 Å². The molecule has 0 saturated carbocycles. The summed E-state index contributed by atoms with van der Waals surface area (Å²) in [5.74, 6) is -1.71. The molecule has 1 aliphatic rings. The van der Waals surface area contributed by atoms with Crippen molar-refractivity contribution in [3.8, 4) is 0 Å². The van der Waals surface area contributed by atoms with Crippen LogP contribution in [0.3, 0.4) is 0 Å². The molecule has 1 aromatic heterocycles. The van der Waals surface area contributed by atoms with Gasteiger partial charge in [0.1, 0.15) is 6.04 Å². The van der Waals surface area contributed by atoms with Crippen LogP contribution < -0.4 is 5.56 Å². The molecule has 0 aliphatic carbocycles. The Hall–Kier alpha value is -3.23. The second kappa shape index (κ2) is 6.34. The van der Waals surface area contributed by atoms with E-state index in [0.29, 0.717) is 19.3 Å². The van der Waals surface area contributed by atoms with Crippen LogP contribution in [-0.4, -0.2) is 44.4 Å². The molecule has 1 saturated heterocycles. The van der Waals surface area contributed by atoms with Gasteiger partial charge in [0.15, 0.2) is 0 Å². The molecule has 9 nitrogen and oxygen atoms in total. The Morgan fingerprint density at radius 2 is 2.04 bits per heavy atom. The number of nitrogens with zero attached hydrogens (tertiary/aromatic N) is 2. The highest BCUT2D eigenvalue weighted by Crippen LogP contribution is 2.25. The number of nitro benzene ring substituents is 1. The number of amides is 1. The highest BCUT2D eigenvalue weighted by Gasteiger charge is 2.33. The molecule has 2 N–H and O–H groups in total. The minimum absolute atomic E-state index is 0.0319. The summed E-state index contributed by atoms with van der Waals surface area (Å²) >= 11 is 0. The Bertz CT molecular complexity index is 935. The molecule has 1 amide bonds. The number of nitro groups is 1. The fourth-order valence-corrected chi connectivity index (χ4v) is 3.12. The first-order valence-corrected chi connectivity index (χ1v) is 7.74. The third kappa shape index (κ3) is 3.08. The van der Waals surface area contributed by atoms with Crippen LogP contribution in [0.25, 0.3) is 10.9 Å². The van der Waals surface area contributed by atoms with Crippen molar-refractivity contribution in [3.63, 3.8) is 0 Å². The van der Waals surface area contributed by atoms with Crippen LogP contribution in [0.2, 0.25) is 0 Å². The van der Waals surface area contributed by atoms with E-state index in [4.69, 9.17) is 0 Å². The van der Waals surface area contributed by atoms with Gasteiger partial charge in [0.25, 0.3) is 11.6 Å². The van der Waals surface area contributed by atoms with Crippen LogP contribution in [0.5, 0.6) is 0 Å². The minimum Gasteiger partial charge on any atom is -0.480 e. The van der Waals surface area contributed by atoms with Gasteiger partial charge in [-0.15, -0.1) is 0 Å². The number of rotatable bonds is 3. The minimum atomic E-state index is -1.10. The number of aromatic amines is 1. The molecule has 25 heavy (non-hydrogen) atoms. The number of nitrogens with one attached hydrogen (secondary N) is 1. The molecule has 1 aliphatic heterocycles. The molecule has 1 fully saturated rings. The highest BCUT2D eigenvalue weighted by molar-refractivity contribution is 6.07. The number of fused-ring (bicyclic) bond motifs is 1. The number of piperidine rings is 1. The summed E-state index contributed by atoms with van der Waals surface area (Å²) in [6.07, 6.45) is 1.70. The van der Waals surface area contributed by atoms with Gasteiger partial charge in [0.2, 0.25) is 5.56 Å². The molecular weight excluding hydrogens is 330 g/mol. The van der Waals surface area contributed by atoms with Crippen LogP contribution in [0.15, 0.2) is 29.1 Å². The van der Waals surface area contributed by atoms with Crippen LogP contribution in [0.4, 0.5) is 5.69 Å². The molecule has 2 heterocycles. The maximum Gasteiger partial charge on any atom is 0.326 e. The zero-order chi connectivity index (χ0) is 18.1. The van der Waals surface area contributed by atoms with Crippen LogP contribution in [0.1, 0.15) is 29.6 Å². The summed E-state index contributed by atoms with van der Waals surface area (Å²) in [5.41, 5.74) is -0.503. The van der Waals surface area contributed by atoms with Crippen LogP contribution >= 0.6 is 0 Å². The van der Waals surface area contributed by atoms with Crippen LogP contribution in [-0.2, 0) is 4.79 Å². The molecule has 0 spiro atoms. The molecule has 9 heteroatoms. The van der Waals surface area contributed by atoms with Gasteiger partial charge in [-0.3, -0.25) is 19.7 Å². The third-order valence-corrected chi connectivity index (χ3v) is 4.32. The molecular formula is C16H15N3O6. The third-order valence-electron chi connectivity index (χ3n) is 4.32. The molecule has 0 unspecified atom stereocenters. The Morgan fingerprint density at radius 1 is 1.28 bits per heavy atom. The van der Waals surface area contributed by atoms with E-state index >= 15 is 0 Å². The fraction of sp³-hybridized carbons (Fsp3) is 0.312. The molecule has 0 radical (unpaired) electrons. The maximum atomic E-state index is 12.9. The Balaban J connectivity index is 2.14. The largest absolute Gasteiger partial charge is 0.480 e. The molecule has 0 bridgehead atoms. The van der Waals surface area contributed by atoms with Crippen molar-refractivity contribution in [1.29, 1.82) is 0 Å². The van der Waals surface area contributed by atoms with Gasteiger partial charge < -0.3 is 15.0 Å². The van der Waals surface area contributed by atoms with E-state index < -0.39 is 28.4 Å². The number of carbonyl (C=O) groups is 2. The van der Waals surface area contributed by atoms with E-state index in [0.717, 1.165) is 6.07 Å². The van der Waals surface area contributed by atoms with E-state index in [2.05, 4.69) is 4.98 Å². The van der Waals surface area contributed by atoms with Crippen molar-refractivity contribution in [2.45, 2.75) is 25.3 Å². The lowest BCUT2D eigenvalue weighted by atomic mass is 9.99. The second-order valence-corrected chi connectivity index (χ2v) is 5.88. The average molecular weight is 345 g/mol. The van der Waals surface area contributed by atoms with E-state index in [1.165, 1.54) is 23.1 Å². The van der Waals surface area contributed by atoms with Gasteiger partial charge in [-0.1, -0.05) is 0 Å². The number of benzene rings is 1. The number of carboxylic acid groups (broad SMARTS) is 1. The standard InChI is InChI=1S/C16H15N3O6/c20-14-8-11(10-7-9(19(24)25)4-5-12(10)17-14)15(21)18-6-2-1-3-13(18)16(22)23/h4-5,7-8,13H,1-3,6H2,(H,17,20)(H,22,23)/t13-/m1/s1. The summed E-state index contributed by atoms with van der Waals surface area (Å²) in [4.78, 5) is 50.3. The van der Waals surface area contributed by atoms with Crippen molar-refractivity contribution >= 4 is 28.5 Å². The number of hydrogen-bond acceptors (Lipinski definition) is 5. The Labute approximate surface area is 141 Å². The van der Waals surface area contributed by atoms with Crippen molar-refractivity contribution in [2.75, 3.05) is 6.54 Å². The van der Waals surface area contributed by atoms with Crippen LogP contribution in [0, 0.1) is 10.1 Å². The number of carbonyl (C=O) groups excluding carboxylic acids is 1. The van der Waals surface area contributed by atoms with Gasteiger partial charge in [-0.25, -0.2) is 4.79 Å². The molecule has 2 aromatic rings. The average Bonchev–Trinajstić information content (AvgIpc) is 2.59. The van der Waals surface area contributed by atoms with E-state index in [9.17, 15) is 29.6 Å². The van der Waals surface area contributed by atoms with E-state index in [1.54, 1.807) is 0 Å². The van der Waals surface area contributed by atoms with Gasteiger partial charge in [-0.05, 0) is 25.3 Å². The first kappa shape index (κ1) is 16.6. The number of aliphatic carboxylic acids is 1. The first-order valence-electron chi connectivity index (χ1n) is 7.74. The number of aromatic nitrogens is 1. The van der Waals surface area contributed by atoms with E-state index in [-0.39, 0.29) is 28.7 Å². The predicted molar refractivity (Wildman–Crippen MR) is 87.5 cm³/mol. The van der Waals surface area contributed by atoms with Crippen molar-refractivity contribution in [2.24, 2.45) is 0 Å². The summed E-state index contributed by atoms with van der Waals surface area (Å²) in [5, 5.41) is 20.6. The molecule has 1 aromatic carbocycles. The van der Waals surface area contributed by atoms with Gasteiger partial charge >= 0.3 is 5.97 Å². The summed E-state index contributed by atoms with van der Waals surface area (Å²) < 4.78 is 0. The van der Waals surface area contributed by atoms with E-state index in [1.807, 2.05) is 0 Å². The quantitative estimate of drug-likeness (QED) is 0.640. The summed E-state index contributed by atoms with van der Waals surface area (Å²) in [7, 11) is 0. The lowest BCUT2D eigenvalue weighted by Crippen LogP contribution is -2.48. The lowest BCUT2D eigenvalue weighted by Gasteiger charge is -2.33. The highest BCUT2D eigenvalue weighted by atomic mass is 16.6. The van der Waals surface area contributed by atoms with Crippen molar-refractivity contribution in [3.05, 3.63) is 50.3 Å². The topological polar surface area (TPSA) is 134 Å². The number of likely N-dealkylation sites (tertiary alicyclic amines) is 1. The lowest BCUT2D eigenvalue weighted by molar-refractivity contribution is -0.384. The van der Waals surface area contributed by atoms with Crippen molar-refractivity contribution < 1.29 is 19.6 Å². The van der Waals surface area contributed by atoms with Gasteiger partial charge in [0.05, 0.1) is 10.5 Å². The predicted octanol–water partition coefficient (Wildman–Crippen LogP) is 1.52. The number of H-pyrrole nitrogens is 1. The normalized spacial score (nSPS) is 17.4. The molecule has 130 valence electrons. The number of carboxylic acids is 1. The molecule has 1 atom stereocenters. The Kier molecular flexibility index (Phi) is 4.22. The number of pyridine rings is 1. The van der Waals surface area contributed by atoms with Gasteiger partial charge in [-0.2, -0.15) is 0 Å². The summed E-state index contributed by atoms with van der Waals surface area (Å²) in [6.45, 7) is 0.263. The zero-order valence-corrected chi connectivity index (χ0v) is 13.1. The first-order chi connectivity index (χ1) is 11.9. The molecule has 3 rings (SSSR count). The monoisotopic (exact) mass is 345 g/mol. The van der Waals surface area contributed by atoms with Crippen molar-refractivity contribution in [1.82, 2.24) is 9.88 Å². The zero-order valence-electron chi connectivity index (χ0n) is 13.1. The fourth-order valence-electron chi connectivity index (χ4n) is 3.12. The maximum absolute atomic E-state index is 12.9. The summed E-state index contributed by atoms with van der Waals surface area (Å²) in [6, 6.07) is 3.89. The Morgan fingerprint density at radius 3 is 2.72 bits per heavy atom. The number of hydrogen-bond donors (Lipinski definition) is 2. The SMILES string of the molecule is O=C(O)[C@H]1CCCCN1C(=O)c1cc(=O)[nH]c2ccc([N+](=O)[O-])cc12. The second-order valence-electron chi connectivity index (χ2n) is 5.88. The number of non-ortho nitro benzene ring substituents is 1. The smallest absolute Gasteiger partial charge is 0.326 e.